The third-order valence-electron chi connectivity index (χ3n) is 6.70. The Hall–Kier alpha value is -2.48. The highest BCUT2D eigenvalue weighted by Gasteiger charge is 2.24. The molecule has 0 amide bonds. The first-order chi connectivity index (χ1) is 16.0. The van der Waals surface area contributed by atoms with E-state index in [9.17, 15) is 8.78 Å². The van der Waals surface area contributed by atoms with Crippen molar-refractivity contribution in [3.05, 3.63) is 41.1 Å². The van der Waals surface area contributed by atoms with Gasteiger partial charge in [-0.15, -0.1) is 0 Å². The van der Waals surface area contributed by atoms with Gasteiger partial charge in [0.1, 0.15) is 11.6 Å². The van der Waals surface area contributed by atoms with Crippen LogP contribution < -0.4 is 20.3 Å². The summed E-state index contributed by atoms with van der Waals surface area (Å²) in [6, 6.07) is 7.36. The molecule has 1 heterocycles. The van der Waals surface area contributed by atoms with E-state index < -0.39 is 6.61 Å². The Morgan fingerprint density at radius 3 is 2.58 bits per heavy atom. The van der Waals surface area contributed by atoms with Gasteiger partial charge >= 0.3 is 6.61 Å². The van der Waals surface area contributed by atoms with Crippen LogP contribution >= 0.6 is 0 Å². The lowest BCUT2D eigenvalue weighted by atomic mass is 9.86. The molecule has 2 N–H and O–H groups in total. The topological polar surface area (TPSA) is 62.3 Å². The number of fused-ring (bicyclic) bond motifs is 1. The highest BCUT2D eigenvalue weighted by atomic mass is 19.3. The predicted octanol–water partition coefficient (Wildman–Crippen LogP) is 4.78. The van der Waals surface area contributed by atoms with E-state index >= 15 is 0 Å². The number of aryl methyl sites for hydroxylation is 1. The van der Waals surface area contributed by atoms with E-state index in [1.165, 1.54) is 24.1 Å². The minimum atomic E-state index is -2.80. The zero-order valence-electron chi connectivity index (χ0n) is 19.6. The third-order valence-corrected chi connectivity index (χ3v) is 6.70. The van der Waals surface area contributed by atoms with Gasteiger partial charge in [-0.2, -0.15) is 13.8 Å². The van der Waals surface area contributed by atoms with Gasteiger partial charge in [-0.25, -0.2) is 4.98 Å². The van der Waals surface area contributed by atoms with Crippen molar-refractivity contribution in [2.45, 2.75) is 70.6 Å². The van der Waals surface area contributed by atoms with Crippen LogP contribution in [0.4, 0.5) is 20.5 Å². The number of benzene rings is 1. The van der Waals surface area contributed by atoms with Crippen LogP contribution in [0.2, 0.25) is 0 Å². The molecule has 0 aliphatic heterocycles. The second kappa shape index (κ2) is 11.1. The van der Waals surface area contributed by atoms with Crippen LogP contribution in [0, 0.1) is 5.92 Å². The van der Waals surface area contributed by atoms with Crippen LogP contribution in [-0.2, 0) is 19.4 Å². The van der Waals surface area contributed by atoms with Crippen molar-refractivity contribution >= 4 is 11.8 Å². The Kier molecular flexibility index (Phi) is 7.96. The van der Waals surface area contributed by atoms with Gasteiger partial charge in [0.2, 0.25) is 5.95 Å². The minimum absolute atomic E-state index is 0.245. The molecule has 1 aromatic heterocycles. The van der Waals surface area contributed by atoms with Gasteiger partial charge in [0, 0.05) is 37.8 Å². The zero-order chi connectivity index (χ0) is 23.2. The van der Waals surface area contributed by atoms with Gasteiger partial charge in [0.05, 0.1) is 5.69 Å². The molecule has 0 saturated heterocycles. The fourth-order valence-corrected chi connectivity index (χ4v) is 4.97. The van der Waals surface area contributed by atoms with Gasteiger partial charge < -0.3 is 20.3 Å². The monoisotopic (exact) mass is 459 g/mol. The number of hydrogen-bond donors (Lipinski definition) is 2. The van der Waals surface area contributed by atoms with Crippen LogP contribution in [-0.4, -0.2) is 43.3 Å². The van der Waals surface area contributed by atoms with E-state index in [2.05, 4.69) is 34.4 Å². The summed E-state index contributed by atoms with van der Waals surface area (Å²) in [5.41, 5.74) is 3.28. The summed E-state index contributed by atoms with van der Waals surface area (Å²) in [6.07, 6.45) is 8.91. The van der Waals surface area contributed by atoms with Gasteiger partial charge in [0.25, 0.3) is 0 Å². The Bertz CT molecular complexity index is 916. The molecule has 2 aliphatic rings. The van der Waals surface area contributed by atoms with E-state index in [0.29, 0.717) is 18.5 Å². The first-order valence-electron chi connectivity index (χ1n) is 12.1. The van der Waals surface area contributed by atoms with Gasteiger partial charge in [-0.1, -0.05) is 18.2 Å². The van der Waals surface area contributed by atoms with E-state index in [1.54, 1.807) is 12.1 Å². The predicted molar refractivity (Wildman–Crippen MR) is 127 cm³/mol. The van der Waals surface area contributed by atoms with Crippen LogP contribution in [0.5, 0.6) is 5.75 Å². The number of hydrogen-bond acceptors (Lipinski definition) is 6. The Morgan fingerprint density at radius 1 is 1.06 bits per heavy atom. The largest absolute Gasteiger partial charge is 0.434 e. The SMILES string of the molecule is CN(C)c1nc(NC2CCC(CNCc3ccccc3OC(F)F)CC2)nc2c1CCCC2. The van der Waals surface area contributed by atoms with Crippen LogP contribution in [0.1, 0.15) is 55.3 Å². The fourth-order valence-electron chi connectivity index (χ4n) is 4.97. The number of rotatable bonds is 9. The van der Waals surface area contributed by atoms with Crippen LogP contribution in [0.15, 0.2) is 24.3 Å². The van der Waals surface area contributed by atoms with Crippen molar-refractivity contribution in [2.75, 3.05) is 30.9 Å². The quantitative estimate of drug-likeness (QED) is 0.563. The molecule has 0 bridgehead atoms. The van der Waals surface area contributed by atoms with E-state index in [1.807, 2.05) is 12.1 Å². The summed E-state index contributed by atoms with van der Waals surface area (Å²) in [5, 5.41) is 7.03. The average Bonchev–Trinajstić information content (AvgIpc) is 2.80. The van der Waals surface area contributed by atoms with E-state index in [-0.39, 0.29) is 5.75 Å². The van der Waals surface area contributed by atoms with Crippen molar-refractivity contribution < 1.29 is 13.5 Å². The van der Waals surface area contributed by atoms with E-state index in [0.717, 1.165) is 62.4 Å². The Morgan fingerprint density at radius 2 is 1.82 bits per heavy atom. The maximum absolute atomic E-state index is 12.6. The Balaban J connectivity index is 1.26. The molecule has 0 radical (unpaired) electrons. The molecular formula is C25H35F2N5O. The smallest absolute Gasteiger partial charge is 0.387 e. The second-order valence-corrected chi connectivity index (χ2v) is 9.38. The summed E-state index contributed by atoms with van der Waals surface area (Å²) < 4.78 is 29.8. The molecule has 0 spiro atoms. The number of aromatic nitrogens is 2. The number of nitrogens with zero attached hydrogens (tertiary/aromatic N) is 3. The third kappa shape index (κ3) is 6.31. The fraction of sp³-hybridized carbons (Fsp3) is 0.600. The summed E-state index contributed by atoms with van der Waals surface area (Å²) in [4.78, 5) is 11.8. The van der Waals surface area contributed by atoms with Crippen molar-refractivity contribution in [3.63, 3.8) is 0 Å². The average molecular weight is 460 g/mol. The summed E-state index contributed by atoms with van der Waals surface area (Å²) >= 11 is 0. The van der Waals surface area contributed by atoms with Gasteiger partial charge in [-0.3, -0.25) is 0 Å². The number of ether oxygens (including phenoxy) is 1. The lowest BCUT2D eigenvalue weighted by Crippen LogP contribution is -2.32. The lowest BCUT2D eigenvalue weighted by molar-refractivity contribution is -0.0505. The standard InChI is InChI=1S/C25H35F2N5O/c1-32(2)23-20-8-4-5-9-21(20)30-25(31-23)29-19-13-11-17(12-14-19)15-28-16-18-7-3-6-10-22(18)33-24(26)27/h3,6-7,10,17,19,24,28H,4-5,8-9,11-16H2,1-2H3,(H,29,30,31). The molecule has 33 heavy (non-hydrogen) atoms. The molecule has 1 fully saturated rings. The van der Waals surface area contributed by atoms with Crippen LogP contribution in [0.3, 0.4) is 0 Å². The summed E-state index contributed by atoms with van der Waals surface area (Å²) in [7, 11) is 4.11. The molecule has 4 rings (SSSR count). The molecule has 2 aromatic rings. The molecule has 2 aliphatic carbocycles. The van der Waals surface area contributed by atoms with Crippen molar-refractivity contribution in [1.82, 2.24) is 15.3 Å². The first kappa shape index (κ1) is 23.7. The first-order valence-corrected chi connectivity index (χ1v) is 12.1. The maximum Gasteiger partial charge on any atom is 0.387 e. The molecular weight excluding hydrogens is 424 g/mol. The zero-order valence-corrected chi connectivity index (χ0v) is 19.6. The number of halogens is 2. The summed E-state index contributed by atoms with van der Waals surface area (Å²) in [6.45, 7) is -1.41. The lowest BCUT2D eigenvalue weighted by Gasteiger charge is -2.30. The molecule has 1 aromatic carbocycles. The summed E-state index contributed by atoms with van der Waals surface area (Å²) in [5.74, 6) is 2.64. The molecule has 6 nitrogen and oxygen atoms in total. The van der Waals surface area contributed by atoms with Crippen molar-refractivity contribution in [2.24, 2.45) is 5.92 Å². The van der Waals surface area contributed by atoms with Gasteiger partial charge in [0.15, 0.2) is 0 Å². The van der Waals surface area contributed by atoms with Crippen molar-refractivity contribution in [1.29, 1.82) is 0 Å². The molecule has 0 atom stereocenters. The normalized spacial score (nSPS) is 20.4. The maximum atomic E-state index is 12.6. The number of para-hydroxylation sites is 1. The number of alkyl halides is 2. The number of anilines is 2. The minimum Gasteiger partial charge on any atom is -0.434 e. The van der Waals surface area contributed by atoms with E-state index in [4.69, 9.17) is 9.97 Å². The molecule has 180 valence electrons. The molecule has 1 saturated carbocycles. The highest BCUT2D eigenvalue weighted by Crippen LogP contribution is 2.30. The number of nitrogens with one attached hydrogen (secondary N) is 2. The van der Waals surface area contributed by atoms with Gasteiger partial charge in [-0.05, 0) is 69.9 Å². The molecule has 0 unspecified atom stereocenters. The molecule has 8 heteroatoms. The van der Waals surface area contributed by atoms with Crippen LogP contribution in [0.25, 0.3) is 0 Å². The highest BCUT2D eigenvalue weighted by molar-refractivity contribution is 5.52. The van der Waals surface area contributed by atoms with Crippen molar-refractivity contribution in [3.8, 4) is 5.75 Å². The second-order valence-electron chi connectivity index (χ2n) is 9.38. The Labute approximate surface area is 195 Å².